The third-order valence-electron chi connectivity index (χ3n) is 4.64. The Morgan fingerprint density at radius 2 is 1.82 bits per heavy atom. The van der Waals surface area contributed by atoms with Gasteiger partial charge in [0.1, 0.15) is 0 Å². The zero-order valence-corrected chi connectivity index (χ0v) is 13.1. The van der Waals surface area contributed by atoms with Gasteiger partial charge in [-0.15, -0.1) is 0 Å². The third-order valence-corrected chi connectivity index (χ3v) is 4.64. The number of nitrogens with zero attached hydrogens (tertiary/aromatic N) is 2. The molecule has 2 aliphatic rings. The Bertz CT molecular complexity index is 786. The average Bonchev–Trinajstić information content (AvgIpc) is 2.56. The lowest BCUT2D eigenvalue weighted by Crippen LogP contribution is -2.22. The fraction of sp³-hybridized carbons (Fsp3) is 0.200. The first-order chi connectivity index (χ1) is 10.7. The number of fused-ring (bicyclic) bond motifs is 2. The van der Waals surface area contributed by atoms with Crippen LogP contribution in [0.25, 0.3) is 11.8 Å². The van der Waals surface area contributed by atoms with Crippen molar-refractivity contribution < 1.29 is 0 Å². The molecule has 0 saturated carbocycles. The molecule has 0 atom stereocenters. The van der Waals surface area contributed by atoms with E-state index >= 15 is 0 Å². The van der Waals surface area contributed by atoms with Crippen molar-refractivity contribution in [3.05, 3.63) is 71.3 Å². The Morgan fingerprint density at radius 1 is 0.955 bits per heavy atom. The van der Waals surface area contributed by atoms with Gasteiger partial charge in [0.2, 0.25) is 0 Å². The van der Waals surface area contributed by atoms with E-state index in [1.165, 1.54) is 33.8 Å². The lowest BCUT2D eigenvalue weighted by atomic mass is 9.97. The molecule has 0 spiro atoms. The molecule has 0 aromatic heterocycles. The molecule has 0 unspecified atom stereocenters. The van der Waals surface area contributed by atoms with Crippen LogP contribution in [0, 0.1) is 0 Å². The fourth-order valence-electron chi connectivity index (χ4n) is 3.41. The Hall–Kier alpha value is -2.48. The molecule has 0 radical (unpaired) electrons. The van der Waals surface area contributed by atoms with Crippen molar-refractivity contribution in [3.63, 3.8) is 0 Å². The van der Waals surface area contributed by atoms with Gasteiger partial charge >= 0.3 is 0 Å². The summed E-state index contributed by atoms with van der Waals surface area (Å²) in [5.74, 6) is 0. The summed E-state index contributed by atoms with van der Waals surface area (Å²) < 4.78 is 0. The SMILES string of the molecule is CN1CC=Cc2ccc(C3=CCc4ccccc4N3C)cc21. The van der Waals surface area contributed by atoms with Gasteiger partial charge in [0.05, 0.1) is 0 Å². The topological polar surface area (TPSA) is 6.48 Å². The maximum absolute atomic E-state index is 2.34. The van der Waals surface area contributed by atoms with Crippen molar-refractivity contribution in [2.24, 2.45) is 0 Å². The summed E-state index contributed by atoms with van der Waals surface area (Å²) in [6.07, 6.45) is 7.77. The summed E-state index contributed by atoms with van der Waals surface area (Å²) in [7, 11) is 4.31. The molecule has 0 N–H and O–H groups in total. The molecule has 2 aromatic rings. The lowest BCUT2D eigenvalue weighted by molar-refractivity contribution is 1.02. The first kappa shape index (κ1) is 13.2. The number of para-hydroxylation sites is 1. The number of rotatable bonds is 1. The molecule has 2 heteroatoms. The third kappa shape index (κ3) is 2.03. The van der Waals surface area contributed by atoms with E-state index in [1.807, 2.05) is 0 Å². The Labute approximate surface area is 132 Å². The minimum atomic E-state index is 0.980. The van der Waals surface area contributed by atoms with Crippen LogP contribution in [0.4, 0.5) is 11.4 Å². The summed E-state index contributed by atoms with van der Waals surface area (Å²) in [5, 5.41) is 0. The van der Waals surface area contributed by atoms with Crippen LogP contribution in [0.3, 0.4) is 0 Å². The van der Waals surface area contributed by atoms with E-state index in [1.54, 1.807) is 0 Å². The lowest BCUT2D eigenvalue weighted by Gasteiger charge is -2.31. The van der Waals surface area contributed by atoms with Crippen LogP contribution in [-0.4, -0.2) is 20.6 Å². The van der Waals surface area contributed by atoms with Crippen LogP contribution < -0.4 is 9.80 Å². The fourth-order valence-corrected chi connectivity index (χ4v) is 3.41. The van der Waals surface area contributed by atoms with Gasteiger partial charge in [-0.25, -0.2) is 0 Å². The van der Waals surface area contributed by atoms with Crippen molar-refractivity contribution >= 4 is 23.1 Å². The van der Waals surface area contributed by atoms with Crippen LogP contribution in [0.15, 0.2) is 54.6 Å². The second kappa shape index (κ2) is 5.06. The average molecular weight is 288 g/mol. The number of allylic oxidation sites excluding steroid dienone is 1. The highest BCUT2D eigenvalue weighted by Crippen LogP contribution is 2.35. The van der Waals surface area contributed by atoms with Crippen LogP contribution in [0.1, 0.15) is 16.7 Å². The molecule has 2 heterocycles. The maximum atomic E-state index is 2.34. The van der Waals surface area contributed by atoms with E-state index in [4.69, 9.17) is 0 Å². The van der Waals surface area contributed by atoms with Gasteiger partial charge in [0, 0.05) is 37.7 Å². The predicted molar refractivity (Wildman–Crippen MR) is 95.3 cm³/mol. The maximum Gasteiger partial charge on any atom is 0.0446 e. The molecule has 2 aliphatic heterocycles. The monoisotopic (exact) mass is 288 g/mol. The van der Waals surface area contributed by atoms with E-state index in [2.05, 4.69) is 84.6 Å². The number of hydrogen-bond acceptors (Lipinski definition) is 2. The summed E-state index contributed by atoms with van der Waals surface area (Å²) in [6, 6.07) is 15.4. The standard InChI is InChI=1S/C20H20N2/c1-21-13-5-7-16-9-10-17(14-20(16)21)19-12-11-15-6-3-4-8-18(15)22(19)2/h3-10,12,14H,11,13H2,1-2H3. The Kier molecular flexibility index (Phi) is 3.04. The van der Waals surface area contributed by atoms with Crippen LogP contribution >= 0.6 is 0 Å². The van der Waals surface area contributed by atoms with E-state index in [0.717, 1.165) is 13.0 Å². The molecule has 0 saturated heterocycles. The number of anilines is 2. The van der Waals surface area contributed by atoms with Gasteiger partial charge in [-0.1, -0.05) is 48.6 Å². The van der Waals surface area contributed by atoms with Gasteiger partial charge in [-0.3, -0.25) is 0 Å². The zero-order chi connectivity index (χ0) is 15.1. The highest BCUT2D eigenvalue weighted by molar-refractivity contribution is 5.85. The molecule has 4 rings (SSSR count). The molecule has 22 heavy (non-hydrogen) atoms. The van der Waals surface area contributed by atoms with Crippen molar-refractivity contribution in [1.82, 2.24) is 0 Å². The normalized spacial score (nSPS) is 16.2. The largest absolute Gasteiger partial charge is 0.370 e. The molecular formula is C20H20N2. The summed E-state index contributed by atoms with van der Waals surface area (Å²) in [6.45, 7) is 0.980. The molecule has 0 bridgehead atoms. The van der Waals surface area contributed by atoms with Gasteiger partial charge in [0.25, 0.3) is 0 Å². The van der Waals surface area contributed by atoms with Crippen molar-refractivity contribution in [3.8, 4) is 0 Å². The van der Waals surface area contributed by atoms with Crippen LogP contribution in [-0.2, 0) is 6.42 Å². The summed E-state index contributed by atoms with van der Waals surface area (Å²) in [5.41, 5.74) is 7.91. The molecular weight excluding hydrogens is 268 g/mol. The molecule has 2 aromatic carbocycles. The number of likely N-dealkylation sites (N-methyl/N-ethyl adjacent to an activating group) is 1. The van der Waals surface area contributed by atoms with Crippen LogP contribution in [0.5, 0.6) is 0 Å². The summed E-state index contributed by atoms with van der Waals surface area (Å²) in [4.78, 5) is 4.61. The Balaban J connectivity index is 1.76. The molecule has 110 valence electrons. The summed E-state index contributed by atoms with van der Waals surface area (Å²) >= 11 is 0. The quantitative estimate of drug-likeness (QED) is 0.776. The van der Waals surface area contributed by atoms with E-state index in [-0.39, 0.29) is 0 Å². The predicted octanol–water partition coefficient (Wildman–Crippen LogP) is 4.18. The van der Waals surface area contributed by atoms with Crippen LogP contribution in [0.2, 0.25) is 0 Å². The van der Waals surface area contributed by atoms with E-state index in [0.29, 0.717) is 0 Å². The molecule has 0 amide bonds. The second-order valence-corrected chi connectivity index (χ2v) is 6.04. The highest BCUT2D eigenvalue weighted by Gasteiger charge is 2.19. The first-order valence-corrected chi connectivity index (χ1v) is 7.78. The van der Waals surface area contributed by atoms with Gasteiger partial charge in [-0.05, 0) is 35.2 Å². The second-order valence-electron chi connectivity index (χ2n) is 6.04. The molecule has 0 aliphatic carbocycles. The van der Waals surface area contributed by atoms with E-state index < -0.39 is 0 Å². The minimum absolute atomic E-state index is 0.980. The number of benzene rings is 2. The van der Waals surface area contributed by atoms with Crippen molar-refractivity contribution in [2.75, 3.05) is 30.4 Å². The highest BCUT2D eigenvalue weighted by atomic mass is 15.1. The van der Waals surface area contributed by atoms with Crippen molar-refractivity contribution in [1.29, 1.82) is 0 Å². The first-order valence-electron chi connectivity index (χ1n) is 7.78. The molecule has 0 fully saturated rings. The Morgan fingerprint density at radius 3 is 2.73 bits per heavy atom. The van der Waals surface area contributed by atoms with Gasteiger partial charge in [-0.2, -0.15) is 0 Å². The molecule has 2 nitrogen and oxygen atoms in total. The van der Waals surface area contributed by atoms with Gasteiger partial charge in [0.15, 0.2) is 0 Å². The van der Waals surface area contributed by atoms with Gasteiger partial charge < -0.3 is 9.80 Å². The minimum Gasteiger partial charge on any atom is -0.370 e. The smallest absolute Gasteiger partial charge is 0.0446 e. The van der Waals surface area contributed by atoms with Crippen molar-refractivity contribution in [2.45, 2.75) is 6.42 Å². The number of hydrogen-bond donors (Lipinski definition) is 0. The van der Waals surface area contributed by atoms with E-state index in [9.17, 15) is 0 Å². The zero-order valence-electron chi connectivity index (χ0n) is 13.1.